The van der Waals surface area contributed by atoms with Crippen LogP contribution in [0.2, 0.25) is 0 Å². The molecule has 3 rings (SSSR count). The molecular weight excluding hydrogens is 320 g/mol. The van der Waals surface area contributed by atoms with Gasteiger partial charge in [0, 0.05) is 10.0 Å². The Morgan fingerprint density at radius 2 is 2.00 bits per heavy atom. The molecule has 2 aliphatic rings. The molecule has 2 bridgehead atoms. The van der Waals surface area contributed by atoms with E-state index in [1.165, 1.54) is 0 Å². The number of halogens is 1. The van der Waals surface area contributed by atoms with Gasteiger partial charge in [0.15, 0.2) is 6.61 Å². The van der Waals surface area contributed by atoms with Gasteiger partial charge in [-0.05, 0) is 30.7 Å². The summed E-state index contributed by atoms with van der Waals surface area (Å²) in [6.45, 7) is -0.182. The minimum absolute atomic E-state index is 0.0583. The van der Waals surface area contributed by atoms with Crippen molar-refractivity contribution in [1.82, 2.24) is 0 Å². The van der Waals surface area contributed by atoms with Crippen molar-refractivity contribution in [3.05, 3.63) is 46.5 Å². The molecule has 1 aromatic rings. The molecule has 0 amide bonds. The van der Waals surface area contributed by atoms with Crippen LogP contribution in [0.3, 0.4) is 0 Å². The molecule has 1 aromatic carbocycles. The Kier molecular flexibility index (Phi) is 3.74. The van der Waals surface area contributed by atoms with Crippen molar-refractivity contribution >= 4 is 27.7 Å². The molecule has 4 heteroatoms. The van der Waals surface area contributed by atoms with E-state index in [0.29, 0.717) is 17.4 Å². The standard InChI is InChI=1S/C16H15BrO3/c17-14-4-2-1-3-12(14)15(18)9-20-16(19)13-8-10-5-6-11(13)7-10/h1-6,10-11,13H,7-9H2/t10-,11+,13-/m1/s1. The number of hydrogen-bond donors (Lipinski definition) is 0. The Labute approximate surface area is 126 Å². The zero-order valence-electron chi connectivity index (χ0n) is 10.9. The minimum Gasteiger partial charge on any atom is -0.457 e. The van der Waals surface area contributed by atoms with Crippen LogP contribution in [0, 0.1) is 17.8 Å². The maximum atomic E-state index is 12.0. The lowest BCUT2D eigenvalue weighted by molar-refractivity contribution is -0.148. The number of ether oxygens (including phenoxy) is 1. The topological polar surface area (TPSA) is 43.4 Å². The smallest absolute Gasteiger partial charge is 0.310 e. The number of Topliss-reactive ketones (excluding diaryl/α,β-unsaturated/α-hetero) is 1. The van der Waals surface area contributed by atoms with Crippen molar-refractivity contribution < 1.29 is 14.3 Å². The number of hydrogen-bond acceptors (Lipinski definition) is 3. The first kappa shape index (κ1) is 13.6. The van der Waals surface area contributed by atoms with Gasteiger partial charge in [-0.1, -0.05) is 46.3 Å². The summed E-state index contributed by atoms with van der Waals surface area (Å²) in [6, 6.07) is 7.16. The fraction of sp³-hybridized carbons (Fsp3) is 0.375. The van der Waals surface area contributed by atoms with Crippen molar-refractivity contribution in [2.24, 2.45) is 17.8 Å². The number of esters is 1. The number of allylic oxidation sites excluding steroid dienone is 2. The van der Waals surface area contributed by atoms with E-state index in [0.717, 1.165) is 17.3 Å². The second-order valence-electron chi connectivity index (χ2n) is 5.40. The van der Waals surface area contributed by atoms with Gasteiger partial charge in [-0.25, -0.2) is 0 Å². The van der Waals surface area contributed by atoms with E-state index in [1.54, 1.807) is 18.2 Å². The molecule has 3 atom stereocenters. The Morgan fingerprint density at radius 3 is 2.65 bits per heavy atom. The zero-order chi connectivity index (χ0) is 14.1. The first-order valence-electron chi connectivity index (χ1n) is 6.78. The molecule has 0 aromatic heterocycles. The summed E-state index contributed by atoms with van der Waals surface area (Å²) < 4.78 is 5.93. The molecule has 0 N–H and O–H groups in total. The lowest BCUT2D eigenvalue weighted by Gasteiger charge is -2.16. The minimum atomic E-state index is -0.234. The molecule has 2 aliphatic carbocycles. The number of benzene rings is 1. The van der Waals surface area contributed by atoms with Crippen molar-refractivity contribution in [3.63, 3.8) is 0 Å². The highest BCUT2D eigenvalue weighted by molar-refractivity contribution is 9.10. The van der Waals surface area contributed by atoms with Crippen LogP contribution in [0.25, 0.3) is 0 Å². The van der Waals surface area contributed by atoms with Crippen molar-refractivity contribution in [2.45, 2.75) is 12.8 Å². The Morgan fingerprint density at radius 1 is 1.20 bits per heavy atom. The Balaban J connectivity index is 1.57. The molecule has 0 heterocycles. The van der Waals surface area contributed by atoms with Gasteiger partial charge in [0.25, 0.3) is 0 Å². The number of carbonyl (C=O) groups is 2. The second kappa shape index (κ2) is 5.52. The van der Waals surface area contributed by atoms with Crippen molar-refractivity contribution in [3.8, 4) is 0 Å². The third kappa shape index (κ3) is 2.57. The molecule has 1 fully saturated rings. The molecule has 0 saturated heterocycles. The van der Waals surface area contributed by atoms with Gasteiger partial charge in [-0.3, -0.25) is 9.59 Å². The Hall–Kier alpha value is -1.42. The van der Waals surface area contributed by atoms with E-state index < -0.39 is 0 Å². The first-order valence-corrected chi connectivity index (χ1v) is 7.57. The van der Waals surface area contributed by atoms with Crippen LogP contribution in [-0.2, 0) is 9.53 Å². The van der Waals surface area contributed by atoms with Crippen LogP contribution in [0.1, 0.15) is 23.2 Å². The van der Waals surface area contributed by atoms with Crippen LogP contribution < -0.4 is 0 Å². The lowest BCUT2D eigenvalue weighted by atomic mass is 9.94. The summed E-state index contributed by atoms with van der Waals surface area (Å²) in [5.74, 6) is 0.367. The van der Waals surface area contributed by atoms with Gasteiger partial charge in [0.05, 0.1) is 5.92 Å². The molecular formula is C16H15BrO3. The van der Waals surface area contributed by atoms with E-state index in [9.17, 15) is 9.59 Å². The number of ketones is 1. The van der Waals surface area contributed by atoms with Gasteiger partial charge in [-0.2, -0.15) is 0 Å². The fourth-order valence-electron chi connectivity index (χ4n) is 3.06. The number of fused-ring (bicyclic) bond motifs is 2. The van der Waals surface area contributed by atoms with Crippen LogP contribution in [-0.4, -0.2) is 18.4 Å². The van der Waals surface area contributed by atoms with Crippen LogP contribution >= 0.6 is 15.9 Å². The number of rotatable bonds is 4. The highest BCUT2D eigenvalue weighted by Gasteiger charge is 2.40. The summed E-state index contributed by atoms with van der Waals surface area (Å²) in [7, 11) is 0. The molecule has 0 radical (unpaired) electrons. The summed E-state index contributed by atoms with van der Waals surface area (Å²) in [5.41, 5.74) is 0.549. The van der Waals surface area contributed by atoms with Crippen LogP contribution in [0.5, 0.6) is 0 Å². The van der Waals surface area contributed by atoms with E-state index in [1.807, 2.05) is 6.07 Å². The van der Waals surface area contributed by atoms with Gasteiger partial charge in [0.2, 0.25) is 5.78 Å². The average Bonchev–Trinajstić information content (AvgIpc) is 3.07. The third-order valence-electron chi connectivity index (χ3n) is 4.10. The molecule has 0 unspecified atom stereocenters. The quantitative estimate of drug-likeness (QED) is 0.481. The predicted molar refractivity (Wildman–Crippen MR) is 78.3 cm³/mol. The van der Waals surface area contributed by atoms with E-state index >= 15 is 0 Å². The lowest BCUT2D eigenvalue weighted by Crippen LogP contribution is -2.24. The van der Waals surface area contributed by atoms with Crippen LogP contribution in [0.4, 0.5) is 0 Å². The average molecular weight is 335 g/mol. The summed E-state index contributed by atoms with van der Waals surface area (Å²) in [4.78, 5) is 24.1. The monoisotopic (exact) mass is 334 g/mol. The maximum Gasteiger partial charge on any atom is 0.310 e. The largest absolute Gasteiger partial charge is 0.457 e. The zero-order valence-corrected chi connectivity index (χ0v) is 12.5. The van der Waals surface area contributed by atoms with Gasteiger partial charge < -0.3 is 4.74 Å². The summed E-state index contributed by atoms with van der Waals surface area (Å²) >= 11 is 3.33. The maximum absolute atomic E-state index is 12.0. The third-order valence-corrected chi connectivity index (χ3v) is 4.79. The van der Waals surface area contributed by atoms with E-state index in [2.05, 4.69) is 28.1 Å². The molecule has 20 heavy (non-hydrogen) atoms. The first-order chi connectivity index (χ1) is 9.65. The van der Waals surface area contributed by atoms with Crippen molar-refractivity contribution in [1.29, 1.82) is 0 Å². The second-order valence-corrected chi connectivity index (χ2v) is 6.25. The highest BCUT2D eigenvalue weighted by Crippen LogP contribution is 2.43. The van der Waals surface area contributed by atoms with Crippen LogP contribution in [0.15, 0.2) is 40.9 Å². The van der Waals surface area contributed by atoms with Gasteiger partial charge in [-0.15, -0.1) is 0 Å². The normalized spacial score (nSPS) is 26.8. The van der Waals surface area contributed by atoms with Gasteiger partial charge in [0.1, 0.15) is 0 Å². The summed E-state index contributed by atoms with van der Waals surface area (Å²) in [6.07, 6.45) is 6.21. The van der Waals surface area contributed by atoms with Gasteiger partial charge >= 0.3 is 5.97 Å². The molecule has 0 aliphatic heterocycles. The van der Waals surface area contributed by atoms with E-state index in [4.69, 9.17) is 4.74 Å². The van der Waals surface area contributed by atoms with E-state index in [-0.39, 0.29) is 24.3 Å². The van der Waals surface area contributed by atoms with Crippen molar-refractivity contribution in [2.75, 3.05) is 6.61 Å². The predicted octanol–water partition coefficient (Wildman–Crippen LogP) is 3.39. The molecule has 1 saturated carbocycles. The summed E-state index contributed by atoms with van der Waals surface area (Å²) in [5, 5.41) is 0. The molecule has 104 valence electrons. The highest BCUT2D eigenvalue weighted by atomic mass is 79.9. The number of carbonyl (C=O) groups excluding carboxylic acids is 2. The SMILES string of the molecule is O=C(COC(=O)[C@@H]1C[C@@H]2C=C[C@H]1C2)c1ccccc1Br. The fourth-order valence-corrected chi connectivity index (χ4v) is 3.57. The Bertz CT molecular complexity index is 579. The molecule has 0 spiro atoms. The molecule has 3 nitrogen and oxygen atoms in total.